The lowest BCUT2D eigenvalue weighted by atomic mass is 10.3. The number of nitrogens with one attached hydrogen (secondary N) is 2. The van der Waals surface area contributed by atoms with Gasteiger partial charge in [0.1, 0.15) is 5.82 Å². The predicted molar refractivity (Wildman–Crippen MR) is 52.5 cm³/mol. The number of aromatic amines is 2. The van der Waals surface area contributed by atoms with E-state index in [2.05, 4.69) is 9.97 Å². The molecule has 2 heterocycles. The molecular formula is C8H12N4O2. The topological polar surface area (TPSA) is 95.0 Å². The summed E-state index contributed by atoms with van der Waals surface area (Å²) in [5.74, 6) is 0.548. The second-order valence-electron chi connectivity index (χ2n) is 3.47. The first kappa shape index (κ1) is 9.01. The summed E-state index contributed by atoms with van der Waals surface area (Å²) in [5, 5.41) is 0. The Kier molecular flexibility index (Phi) is 2.12. The fourth-order valence-corrected chi connectivity index (χ4v) is 1.63. The zero-order valence-electron chi connectivity index (χ0n) is 7.62. The molecule has 1 atom stereocenters. The van der Waals surface area contributed by atoms with E-state index in [4.69, 9.17) is 5.73 Å². The van der Waals surface area contributed by atoms with Crippen LogP contribution in [0.25, 0.3) is 0 Å². The molecule has 0 aliphatic carbocycles. The predicted octanol–water partition coefficient (Wildman–Crippen LogP) is -1.40. The van der Waals surface area contributed by atoms with Gasteiger partial charge in [0.05, 0.1) is 0 Å². The van der Waals surface area contributed by atoms with Crippen LogP contribution < -0.4 is 21.9 Å². The molecule has 0 aromatic carbocycles. The van der Waals surface area contributed by atoms with Crippen LogP contribution in [0.2, 0.25) is 0 Å². The van der Waals surface area contributed by atoms with Gasteiger partial charge in [-0.1, -0.05) is 0 Å². The summed E-state index contributed by atoms with van der Waals surface area (Å²) in [6.45, 7) is 1.46. The molecule has 76 valence electrons. The van der Waals surface area contributed by atoms with Gasteiger partial charge in [-0.25, -0.2) is 4.79 Å². The number of anilines is 1. The van der Waals surface area contributed by atoms with Crippen molar-refractivity contribution in [3.8, 4) is 0 Å². The third-order valence-corrected chi connectivity index (χ3v) is 2.31. The minimum absolute atomic E-state index is 0.123. The Balaban J connectivity index is 2.33. The van der Waals surface area contributed by atoms with E-state index in [1.807, 2.05) is 4.90 Å². The molecule has 6 heteroatoms. The summed E-state index contributed by atoms with van der Waals surface area (Å²) >= 11 is 0. The molecule has 1 aromatic rings. The summed E-state index contributed by atoms with van der Waals surface area (Å²) in [6, 6.07) is 1.50. The summed E-state index contributed by atoms with van der Waals surface area (Å²) in [6.07, 6.45) is 0.884. The Morgan fingerprint density at radius 1 is 1.43 bits per heavy atom. The van der Waals surface area contributed by atoms with Crippen molar-refractivity contribution in [2.24, 2.45) is 5.73 Å². The lowest BCUT2D eigenvalue weighted by molar-refractivity contribution is 0.751. The van der Waals surface area contributed by atoms with E-state index in [1.54, 1.807) is 0 Å². The van der Waals surface area contributed by atoms with Crippen LogP contribution >= 0.6 is 0 Å². The van der Waals surface area contributed by atoms with E-state index < -0.39 is 5.69 Å². The van der Waals surface area contributed by atoms with Crippen LogP contribution in [0.15, 0.2) is 15.7 Å². The molecule has 1 aliphatic rings. The molecule has 1 aliphatic heterocycles. The van der Waals surface area contributed by atoms with Gasteiger partial charge < -0.3 is 10.6 Å². The fraction of sp³-hybridized carbons (Fsp3) is 0.500. The lowest BCUT2D eigenvalue weighted by Crippen LogP contribution is -2.31. The molecule has 0 unspecified atom stereocenters. The zero-order valence-corrected chi connectivity index (χ0v) is 7.62. The molecule has 0 spiro atoms. The van der Waals surface area contributed by atoms with Crippen LogP contribution in [0.1, 0.15) is 6.42 Å². The van der Waals surface area contributed by atoms with Gasteiger partial charge in [0.2, 0.25) is 0 Å². The average Bonchev–Trinajstić information content (AvgIpc) is 2.50. The Morgan fingerprint density at radius 3 is 2.79 bits per heavy atom. The van der Waals surface area contributed by atoms with Crippen molar-refractivity contribution >= 4 is 5.82 Å². The van der Waals surface area contributed by atoms with E-state index >= 15 is 0 Å². The molecule has 1 fully saturated rings. The van der Waals surface area contributed by atoms with Gasteiger partial charge in [-0.15, -0.1) is 0 Å². The van der Waals surface area contributed by atoms with Crippen LogP contribution in [-0.4, -0.2) is 29.1 Å². The number of hydrogen-bond acceptors (Lipinski definition) is 4. The van der Waals surface area contributed by atoms with E-state index in [0.29, 0.717) is 12.4 Å². The average molecular weight is 196 g/mol. The van der Waals surface area contributed by atoms with Crippen molar-refractivity contribution in [2.45, 2.75) is 12.5 Å². The fourth-order valence-electron chi connectivity index (χ4n) is 1.63. The Morgan fingerprint density at radius 2 is 2.21 bits per heavy atom. The molecule has 1 aromatic heterocycles. The third kappa shape index (κ3) is 1.69. The number of rotatable bonds is 1. The van der Waals surface area contributed by atoms with Gasteiger partial charge in [0, 0.05) is 25.2 Å². The summed E-state index contributed by atoms with van der Waals surface area (Å²) in [7, 11) is 0. The highest BCUT2D eigenvalue weighted by Crippen LogP contribution is 2.13. The standard InChI is InChI=1S/C8H12N4O2/c9-5-1-2-12(4-5)6-3-7(13)11-8(14)10-6/h3,5H,1-2,4,9H2,(H2,10,11,13,14)/t5-/m0/s1. The smallest absolute Gasteiger partial charge is 0.327 e. The first-order chi connectivity index (χ1) is 6.65. The largest absolute Gasteiger partial charge is 0.356 e. The van der Waals surface area contributed by atoms with Crippen molar-refractivity contribution in [1.82, 2.24) is 9.97 Å². The van der Waals surface area contributed by atoms with Gasteiger partial charge in [-0.3, -0.25) is 14.8 Å². The van der Waals surface area contributed by atoms with Crippen LogP contribution in [-0.2, 0) is 0 Å². The minimum atomic E-state index is -0.479. The van der Waals surface area contributed by atoms with Gasteiger partial charge in [0.25, 0.3) is 5.56 Å². The van der Waals surface area contributed by atoms with Crippen molar-refractivity contribution in [1.29, 1.82) is 0 Å². The highest BCUT2D eigenvalue weighted by Gasteiger charge is 2.19. The molecule has 0 saturated carbocycles. The van der Waals surface area contributed by atoms with Crippen LogP contribution in [0.5, 0.6) is 0 Å². The third-order valence-electron chi connectivity index (χ3n) is 2.31. The van der Waals surface area contributed by atoms with Crippen molar-refractivity contribution < 1.29 is 0 Å². The molecule has 0 radical (unpaired) electrons. The maximum absolute atomic E-state index is 11.0. The molecule has 1 saturated heterocycles. The van der Waals surface area contributed by atoms with Crippen LogP contribution in [0.3, 0.4) is 0 Å². The van der Waals surface area contributed by atoms with E-state index in [0.717, 1.165) is 13.0 Å². The first-order valence-corrected chi connectivity index (χ1v) is 4.49. The molecule has 0 bridgehead atoms. The SMILES string of the molecule is N[C@H]1CCN(c2cc(=O)[nH]c(=O)[nH]2)C1. The number of H-pyrrole nitrogens is 2. The Labute approximate surface area is 79.7 Å². The zero-order chi connectivity index (χ0) is 10.1. The molecule has 14 heavy (non-hydrogen) atoms. The van der Waals surface area contributed by atoms with Gasteiger partial charge in [-0.05, 0) is 6.42 Å². The molecule has 6 nitrogen and oxygen atoms in total. The summed E-state index contributed by atoms with van der Waals surface area (Å²) in [5.41, 5.74) is 4.86. The monoisotopic (exact) mass is 196 g/mol. The van der Waals surface area contributed by atoms with Crippen molar-refractivity contribution in [2.75, 3.05) is 18.0 Å². The first-order valence-electron chi connectivity index (χ1n) is 4.49. The highest BCUT2D eigenvalue weighted by molar-refractivity contribution is 5.38. The van der Waals surface area contributed by atoms with Gasteiger partial charge >= 0.3 is 5.69 Å². The van der Waals surface area contributed by atoms with Crippen molar-refractivity contribution in [3.63, 3.8) is 0 Å². The summed E-state index contributed by atoms with van der Waals surface area (Å²) in [4.78, 5) is 28.6. The maximum atomic E-state index is 11.0. The number of aromatic nitrogens is 2. The second kappa shape index (κ2) is 3.30. The van der Waals surface area contributed by atoms with Crippen molar-refractivity contribution in [3.05, 3.63) is 26.9 Å². The molecule has 0 amide bonds. The normalized spacial score (nSPS) is 21.5. The Hall–Kier alpha value is -1.56. The Bertz CT molecular complexity index is 407. The lowest BCUT2D eigenvalue weighted by Gasteiger charge is -2.16. The maximum Gasteiger partial charge on any atom is 0.327 e. The molecule has 2 rings (SSSR count). The van der Waals surface area contributed by atoms with E-state index in [9.17, 15) is 9.59 Å². The number of nitrogens with zero attached hydrogens (tertiary/aromatic N) is 1. The number of nitrogens with two attached hydrogens (primary N) is 1. The highest BCUT2D eigenvalue weighted by atomic mass is 16.2. The van der Waals surface area contributed by atoms with Gasteiger partial charge in [-0.2, -0.15) is 0 Å². The second-order valence-corrected chi connectivity index (χ2v) is 3.47. The molecular weight excluding hydrogens is 184 g/mol. The summed E-state index contributed by atoms with van der Waals surface area (Å²) < 4.78 is 0. The van der Waals surface area contributed by atoms with Crippen LogP contribution in [0.4, 0.5) is 5.82 Å². The minimum Gasteiger partial charge on any atom is -0.356 e. The van der Waals surface area contributed by atoms with E-state index in [1.165, 1.54) is 6.07 Å². The number of hydrogen-bond donors (Lipinski definition) is 3. The van der Waals surface area contributed by atoms with Gasteiger partial charge in [0.15, 0.2) is 0 Å². The molecule has 4 N–H and O–H groups in total. The van der Waals surface area contributed by atoms with E-state index in [-0.39, 0.29) is 11.6 Å². The quantitative estimate of drug-likeness (QED) is 0.515. The van der Waals surface area contributed by atoms with Crippen LogP contribution in [0, 0.1) is 0 Å².